The largest absolute Gasteiger partial charge is 0.394 e. The number of amides is 2. The number of hydrogen-bond donors (Lipinski definition) is 1. The van der Waals surface area contributed by atoms with Gasteiger partial charge in [0, 0.05) is 50.0 Å². The van der Waals surface area contributed by atoms with Crippen LogP contribution >= 0.6 is 0 Å². The van der Waals surface area contributed by atoms with Crippen LogP contribution in [0.3, 0.4) is 0 Å². The van der Waals surface area contributed by atoms with Crippen LogP contribution in [-0.2, 0) is 4.79 Å². The molecule has 0 radical (unpaired) electrons. The number of nitrogens with zero attached hydrogens (tertiary/aromatic N) is 4. The molecule has 1 aromatic heterocycles. The first kappa shape index (κ1) is 20.3. The lowest BCUT2D eigenvalue weighted by atomic mass is 10.1. The first-order chi connectivity index (χ1) is 14.5. The fourth-order valence-corrected chi connectivity index (χ4v) is 4.38. The van der Waals surface area contributed by atoms with Gasteiger partial charge in [-0.1, -0.05) is 6.07 Å². The average Bonchev–Trinajstić information content (AvgIpc) is 3.14. The van der Waals surface area contributed by atoms with E-state index >= 15 is 0 Å². The van der Waals surface area contributed by atoms with E-state index in [1.165, 1.54) is 0 Å². The minimum Gasteiger partial charge on any atom is -0.394 e. The zero-order chi connectivity index (χ0) is 21.3. The smallest absolute Gasteiger partial charge is 0.253 e. The zero-order valence-electron chi connectivity index (χ0n) is 17.5. The molecular weight excluding hydrogens is 380 g/mol. The summed E-state index contributed by atoms with van der Waals surface area (Å²) in [5.74, 6) is 1.01. The van der Waals surface area contributed by atoms with Crippen molar-refractivity contribution in [2.24, 2.45) is 0 Å². The number of aliphatic hydroxyl groups excluding tert-OH is 1. The third kappa shape index (κ3) is 3.89. The molecule has 1 aromatic carbocycles. The molecule has 2 aliphatic rings. The van der Waals surface area contributed by atoms with Gasteiger partial charge in [-0.3, -0.25) is 9.59 Å². The Morgan fingerprint density at radius 1 is 1.13 bits per heavy atom. The van der Waals surface area contributed by atoms with Gasteiger partial charge in [0.2, 0.25) is 5.91 Å². The maximum atomic E-state index is 12.9. The van der Waals surface area contributed by atoms with Crippen molar-refractivity contribution in [1.29, 1.82) is 0 Å². The fraction of sp³-hybridized carbons (Fsp3) is 0.435. The van der Waals surface area contributed by atoms with Gasteiger partial charge >= 0.3 is 0 Å². The highest BCUT2D eigenvalue weighted by Crippen LogP contribution is 2.27. The molecule has 2 fully saturated rings. The van der Waals surface area contributed by atoms with Crippen molar-refractivity contribution in [3.63, 3.8) is 0 Å². The molecule has 0 spiro atoms. The fourth-order valence-electron chi connectivity index (χ4n) is 4.38. The summed E-state index contributed by atoms with van der Waals surface area (Å²) in [7, 11) is 0. The highest BCUT2D eigenvalue weighted by molar-refractivity contribution is 5.98. The number of aryl methyl sites for hydroxylation is 2. The maximum Gasteiger partial charge on any atom is 0.253 e. The van der Waals surface area contributed by atoms with Crippen molar-refractivity contribution in [3.05, 3.63) is 53.2 Å². The van der Waals surface area contributed by atoms with E-state index in [0.29, 0.717) is 31.5 Å². The van der Waals surface area contributed by atoms with Gasteiger partial charge in [0.1, 0.15) is 5.82 Å². The number of piperazine rings is 1. The van der Waals surface area contributed by atoms with Gasteiger partial charge in [-0.2, -0.15) is 0 Å². The number of anilines is 2. The van der Waals surface area contributed by atoms with E-state index < -0.39 is 0 Å². The molecule has 2 aliphatic heterocycles. The van der Waals surface area contributed by atoms with Gasteiger partial charge in [-0.05, 0) is 55.7 Å². The number of benzene rings is 1. The summed E-state index contributed by atoms with van der Waals surface area (Å²) in [6, 6.07) is 9.11. The van der Waals surface area contributed by atoms with Crippen molar-refractivity contribution in [3.8, 4) is 0 Å². The van der Waals surface area contributed by atoms with Crippen LogP contribution in [-0.4, -0.2) is 65.6 Å². The van der Waals surface area contributed by atoms with E-state index in [4.69, 9.17) is 0 Å². The Kier molecular flexibility index (Phi) is 5.72. The number of aromatic nitrogens is 1. The minimum atomic E-state index is -0.175. The highest BCUT2D eigenvalue weighted by Gasteiger charge is 2.31. The molecule has 4 rings (SSSR count). The van der Waals surface area contributed by atoms with Gasteiger partial charge < -0.3 is 19.8 Å². The molecule has 1 unspecified atom stereocenters. The van der Waals surface area contributed by atoms with E-state index in [-0.39, 0.29) is 24.5 Å². The molecule has 0 saturated carbocycles. The summed E-state index contributed by atoms with van der Waals surface area (Å²) in [5, 5.41) is 9.50. The molecule has 30 heavy (non-hydrogen) atoms. The summed E-state index contributed by atoms with van der Waals surface area (Å²) >= 11 is 0. The second-order valence-electron chi connectivity index (χ2n) is 8.12. The Morgan fingerprint density at radius 3 is 2.47 bits per heavy atom. The number of pyridine rings is 1. The van der Waals surface area contributed by atoms with Gasteiger partial charge in [0.05, 0.1) is 12.6 Å². The molecule has 7 heteroatoms. The monoisotopic (exact) mass is 408 g/mol. The summed E-state index contributed by atoms with van der Waals surface area (Å²) in [6.07, 6.45) is 3.00. The number of carbonyl (C=O) groups excluding carboxylic acids is 2. The van der Waals surface area contributed by atoms with Gasteiger partial charge in [-0.25, -0.2) is 4.98 Å². The van der Waals surface area contributed by atoms with Gasteiger partial charge in [0.25, 0.3) is 5.91 Å². The summed E-state index contributed by atoms with van der Waals surface area (Å²) in [4.78, 5) is 35.4. The number of hydrogen-bond acceptors (Lipinski definition) is 5. The molecule has 7 nitrogen and oxygen atoms in total. The standard InChI is InChI=1S/C23H28N4O3/c1-16-13-17(2)22(24-14-16)25-9-11-26(12-10-25)23(30)18-3-5-19(6-4-18)27-20(15-28)7-8-21(27)29/h3-6,13-14,20,28H,7-12,15H2,1-2H3. The summed E-state index contributed by atoms with van der Waals surface area (Å²) in [6.45, 7) is 6.85. The van der Waals surface area contributed by atoms with Crippen LogP contribution in [0.5, 0.6) is 0 Å². The SMILES string of the molecule is Cc1cnc(N2CCN(C(=O)c3ccc(N4C(=O)CCC4CO)cc3)CC2)c(C)c1. The second kappa shape index (κ2) is 8.44. The molecular formula is C23H28N4O3. The molecule has 3 heterocycles. The molecule has 1 atom stereocenters. The van der Waals surface area contributed by atoms with E-state index in [1.54, 1.807) is 29.2 Å². The van der Waals surface area contributed by atoms with Crippen LogP contribution in [0.2, 0.25) is 0 Å². The van der Waals surface area contributed by atoms with Crippen molar-refractivity contribution < 1.29 is 14.7 Å². The first-order valence-electron chi connectivity index (χ1n) is 10.5. The zero-order valence-corrected chi connectivity index (χ0v) is 17.5. The third-order valence-corrected chi connectivity index (χ3v) is 5.98. The predicted octanol–water partition coefficient (Wildman–Crippen LogP) is 2.15. The van der Waals surface area contributed by atoms with E-state index in [9.17, 15) is 14.7 Å². The van der Waals surface area contributed by atoms with Crippen LogP contribution in [0.25, 0.3) is 0 Å². The molecule has 0 aliphatic carbocycles. The van der Waals surface area contributed by atoms with Crippen molar-refractivity contribution in [1.82, 2.24) is 9.88 Å². The van der Waals surface area contributed by atoms with Crippen molar-refractivity contribution in [2.75, 3.05) is 42.6 Å². The molecule has 2 saturated heterocycles. The Morgan fingerprint density at radius 2 is 1.83 bits per heavy atom. The summed E-state index contributed by atoms with van der Waals surface area (Å²) < 4.78 is 0. The van der Waals surface area contributed by atoms with Gasteiger partial charge in [-0.15, -0.1) is 0 Å². The van der Waals surface area contributed by atoms with Crippen LogP contribution in [0.15, 0.2) is 36.5 Å². The molecule has 158 valence electrons. The van der Waals surface area contributed by atoms with E-state index in [1.807, 2.05) is 18.0 Å². The molecule has 2 amide bonds. The Hall–Kier alpha value is -2.93. The lowest BCUT2D eigenvalue weighted by molar-refractivity contribution is -0.117. The van der Waals surface area contributed by atoms with Crippen LogP contribution in [0.4, 0.5) is 11.5 Å². The normalized spacial score (nSPS) is 19.5. The molecule has 0 bridgehead atoms. The third-order valence-electron chi connectivity index (χ3n) is 5.98. The minimum absolute atomic E-state index is 0.00115. The Bertz CT molecular complexity index is 936. The first-order valence-corrected chi connectivity index (χ1v) is 10.5. The van der Waals surface area contributed by atoms with Crippen LogP contribution in [0, 0.1) is 13.8 Å². The molecule has 1 N–H and O–H groups in total. The summed E-state index contributed by atoms with van der Waals surface area (Å²) in [5.41, 5.74) is 3.65. The average molecular weight is 409 g/mol. The lowest BCUT2D eigenvalue weighted by Gasteiger charge is -2.36. The second-order valence-corrected chi connectivity index (χ2v) is 8.12. The predicted molar refractivity (Wildman–Crippen MR) is 116 cm³/mol. The lowest BCUT2D eigenvalue weighted by Crippen LogP contribution is -2.49. The van der Waals surface area contributed by atoms with E-state index in [0.717, 1.165) is 35.7 Å². The Balaban J connectivity index is 1.40. The quantitative estimate of drug-likeness (QED) is 0.839. The molecule has 2 aromatic rings. The Labute approximate surface area is 176 Å². The number of aliphatic hydroxyl groups is 1. The number of rotatable bonds is 4. The van der Waals surface area contributed by atoms with Crippen molar-refractivity contribution >= 4 is 23.3 Å². The van der Waals surface area contributed by atoms with Crippen molar-refractivity contribution in [2.45, 2.75) is 32.7 Å². The maximum absolute atomic E-state index is 12.9. The highest BCUT2D eigenvalue weighted by atomic mass is 16.3. The topological polar surface area (TPSA) is 77.0 Å². The van der Waals surface area contributed by atoms with E-state index in [2.05, 4.69) is 22.9 Å². The number of carbonyl (C=O) groups is 2. The van der Waals surface area contributed by atoms with Gasteiger partial charge in [0.15, 0.2) is 0 Å². The van der Waals surface area contributed by atoms with Crippen LogP contribution < -0.4 is 9.80 Å². The van der Waals surface area contributed by atoms with Crippen LogP contribution in [0.1, 0.15) is 34.3 Å².